The smallest absolute Gasteiger partial charge is 0.224 e. The van der Waals surface area contributed by atoms with E-state index in [0.29, 0.717) is 12.1 Å². The first-order valence-electron chi connectivity index (χ1n) is 6.72. The Labute approximate surface area is 112 Å². The Kier molecular flexibility index (Phi) is 4.74. The van der Waals surface area contributed by atoms with E-state index in [1.807, 2.05) is 0 Å². The van der Waals surface area contributed by atoms with Gasteiger partial charge in [-0.2, -0.15) is 0 Å². The number of benzene rings is 1. The molecule has 0 aliphatic carbocycles. The van der Waals surface area contributed by atoms with Crippen LogP contribution in [0.25, 0.3) is 0 Å². The summed E-state index contributed by atoms with van der Waals surface area (Å²) in [4.78, 5) is 14.1. The number of nitrogens with one attached hydrogen (secondary N) is 1. The Morgan fingerprint density at radius 1 is 1.37 bits per heavy atom. The van der Waals surface area contributed by atoms with Crippen LogP contribution in [0.4, 0.5) is 15.8 Å². The highest BCUT2D eigenvalue weighted by Crippen LogP contribution is 2.17. The summed E-state index contributed by atoms with van der Waals surface area (Å²) in [5.74, 6) is -0.620. The van der Waals surface area contributed by atoms with Crippen LogP contribution in [-0.4, -0.2) is 30.4 Å². The van der Waals surface area contributed by atoms with E-state index in [1.165, 1.54) is 31.0 Å². The molecule has 0 atom stereocenters. The van der Waals surface area contributed by atoms with Gasteiger partial charge in [0, 0.05) is 12.1 Å². The summed E-state index contributed by atoms with van der Waals surface area (Å²) in [6.45, 7) is 3.20. The second-order valence-electron chi connectivity index (χ2n) is 4.94. The molecule has 19 heavy (non-hydrogen) atoms. The van der Waals surface area contributed by atoms with Crippen molar-refractivity contribution >= 4 is 17.3 Å². The predicted octanol–water partition coefficient (Wildman–Crippen LogP) is 2.22. The highest BCUT2D eigenvalue weighted by Gasteiger charge is 2.12. The summed E-state index contributed by atoms with van der Waals surface area (Å²) in [6, 6.07) is 4.17. The van der Waals surface area contributed by atoms with Gasteiger partial charge in [0.2, 0.25) is 5.91 Å². The maximum atomic E-state index is 13.4. The highest BCUT2D eigenvalue weighted by molar-refractivity contribution is 5.91. The number of nitrogens with two attached hydrogens (primary N) is 1. The number of halogens is 1. The van der Waals surface area contributed by atoms with Crippen LogP contribution in [0.2, 0.25) is 0 Å². The minimum absolute atomic E-state index is 0.158. The number of anilines is 2. The number of likely N-dealkylation sites (tertiary alicyclic amines) is 1. The third kappa shape index (κ3) is 4.21. The molecule has 1 aliphatic heterocycles. The van der Waals surface area contributed by atoms with Gasteiger partial charge in [-0.25, -0.2) is 4.39 Å². The van der Waals surface area contributed by atoms with Gasteiger partial charge in [0.25, 0.3) is 0 Å². The van der Waals surface area contributed by atoms with E-state index < -0.39 is 5.82 Å². The van der Waals surface area contributed by atoms with E-state index in [1.54, 1.807) is 0 Å². The molecule has 0 aromatic heterocycles. The molecule has 1 saturated heterocycles. The van der Waals surface area contributed by atoms with Crippen molar-refractivity contribution in [1.29, 1.82) is 0 Å². The monoisotopic (exact) mass is 265 g/mol. The SMILES string of the molecule is Nc1ccc(F)c(NC(=O)CCCN2CCCC2)c1. The van der Waals surface area contributed by atoms with Gasteiger partial charge in [-0.3, -0.25) is 4.79 Å². The molecule has 104 valence electrons. The molecule has 1 aliphatic rings. The predicted molar refractivity (Wildman–Crippen MR) is 74.4 cm³/mol. The maximum absolute atomic E-state index is 13.4. The zero-order valence-corrected chi connectivity index (χ0v) is 11.0. The molecule has 1 aromatic rings. The lowest BCUT2D eigenvalue weighted by Crippen LogP contribution is -2.22. The Bertz CT molecular complexity index is 444. The molecule has 0 saturated carbocycles. The normalized spacial score (nSPS) is 15.6. The largest absolute Gasteiger partial charge is 0.399 e. The lowest BCUT2D eigenvalue weighted by molar-refractivity contribution is -0.116. The number of nitrogens with zero attached hydrogens (tertiary/aromatic N) is 1. The zero-order valence-electron chi connectivity index (χ0n) is 11.0. The zero-order chi connectivity index (χ0) is 13.7. The van der Waals surface area contributed by atoms with Crippen molar-refractivity contribution in [3.8, 4) is 0 Å². The van der Waals surface area contributed by atoms with Crippen molar-refractivity contribution < 1.29 is 9.18 Å². The summed E-state index contributed by atoms with van der Waals surface area (Å²) in [7, 11) is 0. The van der Waals surface area contributed by atoms with Crippen LogP contribution in [0.3, 0.4) is 0 Å². The van der Waals surface area contributed by atoms with Crippen molar-refractivity contribution in [2.45, 2.75) is 25.7 Å². The summed E-state index contributed by atoms with van der Waals surface area (Å²) in [5, 5.41) is 2.56. The number of nitrogen functional groups attached to an aromatic ring is 1. The second-order valence-corrected chi connectivity index (χ2v) is 4.94. The molecular weight excluding hydrogens is 245 g/mol. The van der Waals surface area contributed by atoms with Crippen molar-refractivity contribution in [3.05, 3.63) is 24.0 Å². The fourth-order valence-electron chi connectivity index (χ4n) is 2.32. The minimum atomic E-state index is -0.456. The van der Waals surface area contributed by atoms with E-state index in [9.17, 15) is 9.18 Å². The molecule has 1 aromatic carbocycles. The van der Waals surface area contributed by atoms with Crippen LogP contribution < -0.4 is 11.1 Å². The summed E-state index contributed by atoms with van der Waals surface area (Å²) in [5.41, 5.74) is 6.16. The quantitative estimate of drug-likeness (QED) is 0.803. The lowest BCUT2D eigenvalue weighted by Gasteiger charge is -2.14. The standard InChI is InChI=1S/C14H20FN3O/c15-12-6-5-11(16)10-13(12)17-14(19)4-3-9-18-7-1-2-8-18/h5-6,10H,1-4,7-9,16H2,(H,17,19). The van der Waals surface area contributed by atoms with Gasteiger partial charge in [0.1, 0.15) is 5.82 Å². The summed E-state index contributed by atoms with van der Waals surface area (Å²) < 4.78 is 13.4. The van der Waals surface area contributed by atoms with Gasteiger partial charge in [-0.1, -0.05) is 0 Å². The van der Waals surface area contributed by atoms with Gasteiger partial charge in [-0.15, -0.1) is 0 Å². The Balaban J connectivity index is 1.75. The molecule has 0 unspecified atom stereocenters. The van der Waals surface area contributed by atoms with Crippen LogP contribution in [0, 0.1) is 5.82 Å². The average molecular weight is 265 g/mol. The van der Waals surface area contributed by atoms with Gasteiger partial charge >= 0.3 is 0 Å². The van der Waals surface area contributed by atoms with Crippen molar-refractivity contribution in [3.63, 3.8) is 0 Å². The topological polar surface area (TPSA) is 58.4 Å². The van der Waals surface area contributed by atoms with Crippen molar-refractivity contribution in [1.82, 2.24) is 4.90 Å². The Morgan fingerprint density at radius 3 is 2.84 bits per heavy atom. The molecule has 2 rings (SSSR count). The number of carbonyl (C=O) groups excluding carboxylic acids is 1. The molecular formula is C14H20FN3O. The average Bonchev–Trinajstić information content (AvgIpc) is 2.87. The first-order valence-corrected chi connectivity index (χ1v) is 6.72. The van der Waals surface area contributed by atoms with Crippen LogP contribution in [0.15, 0.2) is 18.2 Å². The third-order valence-corrected chi connectivity index (χ3v) is 3.34. The van der Waals surface area contributed by atoms with Crippen LogP contribution in [0.1, 0.15) is 25.7 Å². The number of hydrogen-bond acceptors (Lipinski definition) is 3. The van der Waals surface area contributed by atoms with Gasteiger partial charge in [0.15, 0.2) is 0 Å². The number of carbonyl (C=O) groups is 1. The fourth-order valence-corrected chi connectivity index (χ4v) is 2.32. The molecule has 1 fully saturated rings. The van der Waals surface area contributed by atoms with Crippen molar-refractivity contribution in [2.24, 2.45) is 0 Å². The van der Waals surface area contributed by atoms with Crippen LogP contribution >= 0.6 is 0 Å². The summed E-state index contributed by atoms with van der Waals surface area (Å²) >= 11 is 0. The van der Waals surface area contributed by atoms with Gasteiger partial charge in [-0.05, 0) is 57.1 Å². The molecule has 0 spiro atoms. The van der Waals surface area contributed by atoms with Gasteiger partial charge in [0.05, 0.1) is 5.69 Å². The fraction of sp³-hybridized carbons (Fsp3) is 0.500. The first-order chi connectivity index (χ1) is 9.15. The van der Waals surface area contributed by atoms with Gasteiger partial charge < -0.3 is 16.0 Å². The van der Waals surface area contributed by atoms with E-state index in [-0.39, 0.29) is 11.6 Å². The van der Waals surface area contributed by atoms with Crippen molar-refractivity contribution in [2.75, 3.05) is 30.7 Å². The molecule has 5 heteroatoms. The van der Waals surface area contributed by atoms with E-state index in [0.717, 1.165) is 26.1 Å². The van der Waals surface area contributed by atoms with Crippen LogP contribution in [0.5, 0.6) is 0 Å². The van der Waals surface area contributed by atoms with E-state index >= 15 is 0 Å². The molecule has 0 bridgehead atoms. The number of hydrogen-bond donors (Lipinski definition) is 2. The lowest BCUT2D eigenvalue weighted by atomic mass is 10.2. The van der Waals surface area contributed by atoms with E-state index in [4.69, 9.17) is 5.73 Å². The molecule has 1 heterocycles. The minimum Gasteiger partial charge on any atom is -0.399 e. The number of amides is 1. The maximum Gasteiger partial charge on any atom is 0.224 e. The first kappa shape index (κ1) is 13.8. The summed E-state index contributed by atoms with van der Waals surface area (Å²) in [6.07, 6.45) is 3.71. The Morgan fingerprint density at radius 2 is 2.11 bits per heavy atom. The highest BCUT2D eigenvalue weighted by atomic mass is 19.1. The third-order valence-electron chi connectivity index (χ3n) is 3.34. The van der Waals surface area contributed by atoms with Crippen LogP contribution in [-0.2, 0) is 4.79 Å². The molecule has 3 N–H and O–H groups in total. The van der Waals surface area contributed by atoms with E-state index in [2.05, 4.69) is 10.2 Å². The molecule has 4 nitrogen and oxygen atoms in total. The Hall–Kier alpha value is -1.62. The second kappa shape index (κ2) is 6.52. The molecule has 0 radical (unpaired) electrons. The molecule has 1 amide bonds. The number of rotatable bonds is 5.